The third kappa shape index (κ3) is 4.20. The van der Waals surface area contributed by atoms with Gasteiger partial charge in [0, 0.05) is 11.8 Å². The highest BCUT2D eigenvalue weighted by Crippen LogP contribution is 2.26. The Labute approximate surface area is 136 Å². The lowest BCUT2D eigenvalue weighted by Gasteiger charge is -2.10. The summed E-state index contributed by atoms with van der Waals surface area (Å²) in [5.41, 5.74) is -0.409. The van der Waals surface area contributed by atoms with Crippen molar-refractivity contribution in [3.8, 4) is 5.75 Å². The van der Waals surface area contributed by atoms with Crippen molar-refractivity contribution in [3.05, 3.63) is 58.6 Å². The molecule has 2 aromatic rings. The van der Waals surface area contributed by atoms with Gasteiger partial charge in [0.2, 0.25) is 0 Å². The lowest BCUT2D eigenvalue weighted by Crippen LogP contribution is -2.28. The zero-order valence-electron chi connectivity index (χ0n) is 12.0. The van der Waals surface area contributed by atoms with Crippen LogP contribution in [0.5, 0.6) is 5.75 Å². The number of carbonyl (C=O) groups is 1. The third-order valence-electron chi connectivity index (χ3n) is 2.81. The highest BCUT2D eigenvalue weighted by Gasteiger charge is 2.25. The first-order valence-corrected chi connectivity index (χ1v) is 7.97. The van der Waals surface area contributed by atoms with E-state index in [1.54, 1.807) is 0 Å². The van der Waals surface area contributed by atoms with Crippen LogP contribution in [-0.2, 0) is 14.8 Å². The molecule has 126 valence electrons. The van der Waals surface area contributed by atoms with Crippen molar-refractivity contribution in [3.63, 3.8) is 0 Å². The average molecular weight is 351 g/mol. The zero-order valence-corrected chi connectivity index (χ0v) is 12.9. The number of anilines is 1. The number of aliphatic carboxylic acids is 1. The number of hydrogen-bond donors (Lipinski definition) is 1. The Morgan fingerprint density at radius 2 is 1.75 bits per heavy atom. The minimum Gasteiger partial charge on any atom is -0.546 e. The van der Waals surface area contributed by atoms with E-state index in [9.17, 15) is 28.4 Å². The van der Waals surface area contributed by atoms with Crippen LogP contribution in [0.25, 0.3) is 0 Å². The van der Waals surface area contributed by atoms with Crippen LogP contribution in [0.3, 0.4) is 0 Å². The van der Waals surface area contributed by atoms with Crippen LogP contribution in [0.4, 0.5) is 11.4 Å². The van der Waals surface area contributed by atoms with E-state index in [1.165, 1.54) is 36.4 Å². The number of benzene rings is 2. The maximum atomic E-state index is 12.3. The van der Waals surface area contributed by atoms with Gasteiger partial charge in [-0.3, -0.25) is 14.8 Å². The summed E-state index contributed by atoms with van der Waals surface area (Å²) >= 11 is 0. The van der Waals surface area contributed by atoms with Crippen LogP contribution in [0.15, 0.2) is 53.4 Å². The number of carbonyl (C=O) groups excluding carboxylic acids is 1. The molecule has 0 unspecified atom stereocenters. The lowest BCUT2D eigenvalue weighted by molar-refractivity contribution is -0.387. The molecule has 0 spiro atoms. The Kier molecular flexibility index (Phi) is 4.99. The van der Waals surface area contributed by atoms with Crippen molar-refractivity contribution in [2.75, 3.05) is 11.3 Å². The number of nitro groups is 1. The molecule has 2 rings (SSSR count). The highest BCUT2D eigenvalue weighted by atomic mass is 32.2. The fourth-order valence-corrected chi connectivity index (χ4v) is 3.04. The largest absolute Gasteiger partial charge is 0.546 e. The van der Waals surface area contributed by atoms with E-state index in [0.717, 1.165) is 12.1 Å². The molecule has 0 aliphatic heterocycles. The summed E-state index contributed by atoms with van der Waals surface area (Å²) in [6.07, 6.45) is 0. The second-order valence-corrected chi connectivity index (χ2v) is 6.17. The summed E-state index contributed by atoms with van der Waals surface area (Å²) in [6, 6.07) is 10.3. The molecule has 0 aliphatic rings. The fraction of sp³-hybridized carbons (Fsp3) is 0.0714. The molecule has 9 nitrogen and oxygen atoms in total. The maximum absolute atomic E-state index is 12.3. The minimum absolute atomic E-state index is 0.133. The van der Waals surface area contributed by atoms with Crippen LogP contribution in [0.1, 0.15) is 0 Å². The molecule has 24 heavy (non-hydrogen) atoms. The molecule has 0 heterocycles. The van der Waals surface area contributed by atoms with Crippen molar-refractivity contribution >= 4 is 27.4 Å². The van der Waals surface area contributed by atoms with Gasteiger partial charge in [0.05, 0.1) is 10.9 Å². The van der Waals surface area contributed by atoms with Crippen LogP contribution in [-0.4, -0.2) is 25.9 Å². The number of sulfonamides is 1. The van der Waals surface area contributed by atoms with Crippen LogP contribution >= 0.6 is 0 Å². The zero-order chi connectivity index (χ0) is 17.7. The first-order valence-electron chi connectivity index (χ1n) is 6.48. The topological polar surface area (TPSA) is 139 Å². The number of para-hydroxylation sites is 1. The molecule has 0 saturated carbocycles. The van der Waals surface area contributed by atoms with Crippen molar-refractivity contribution in [2.24, 2.45) is 0 Å². The van der Waals surface area contributed by atoms with Gasteiger partial charge < -0.3 is 14.6 Å². The standard InChI is InChI=1S/C14H12N2O7S/c17-14(18)9-23-11-7-5-10(6-8-11)15-24(21,22)13-4-2-1-3-12(13)16(19)20/h1-8,15H,9H2,(H,17,18)/p-1. The summed E-state index contributed by atoms with van der Waals surface area (Å²) in [4.78, 5) is 20.0. The number of carboxylic acid groups (broad SMARTS) is 1. The summed E-state index contributed by atoms with van der Waals surface area (Å²) in [7, 11) is -4.16. The number of nitrogens with one attached hydrogen (secondary N) is 1. The van der Waals surface area contributed by atoms with Gasteiger partial charge in [0.1, 0.15) is 12.4 Å². The van der Waals surface area contributed by atoms with Gasteiger partial charge in [0.25, 0.3) is 15.7 Å². The lowest BCUT2D eigenvalue weighted by atomic mass is 10.3. The number of ether oxygens (including phenoxy) is 1. The van der Waals surface area contributed by atoms with Crippen LogP contribution in [0, 0.1) is 10.1 Å². The fourth-order valence-electron chi connectivity index (χ4n) is 1.81. The van der Waals surface area contributed by atoms with E-state index in [0.29, 0.717) is 0 Å². The summed E-state index contributed by atoms with van der Waals surface area (Å²) in [5, 5.41) is 21.2. The van der Waals surface area contributed by atoms with E-state index >= 15 is 0 Å². The monoisotopic (exact) mass is 351 g/mol. The minimum atomic E-state index is -4.16. The van der Waals surface area contributed by atoms with Gasteiger partial charge in [-0.15, -0.1) is 0 Å². The van der Waals surface area contributed by atoms with Crippen molar-refractivity contribution in [1.29, 1.82) is 0 Å². The van der Waals surface area contributed by atoms with Gasteiger partial charge in [0.15, 0.2) is 4.90 Å². The Morgan fingerprint density at radius 1 is 1.12 bits per heavy atom. The maximum Gasteiger partial charge on any atom is 0.289 e. The van der Waals surface area contributed by atoms with E-state index in [-0.39, 0.29) is 11.4 Å². The van der Waals surface area contributed by atoms with Crippen molar-refractivity contribution in [1.82, 2.24) is 0 Å². The van der Waals surface area contributed by atoms with Crippen LogP contribution < -0.4 is 14.6 Å². The van der Waals surface area contributed by atoms with Gasteiger partial charge >= 0.3 is 0 Å². The van der Waals surface area contributed by atoms with Gasteiger partial charge in [-0.2, -0.15) is 0 Å². The molecular weight excluding hydrogens is 340 g/mol. The molecule has 2 aromatic carbocycles. The van der Waals surface area contributed by atoms with E-state index in [1.807, 2.05) is 0 Å². The first kappa shape index (κ1) is 17.2. The number of carboxylic acids is 1. The second-order valence-electron chi connectivity index (χ2n) is 4.52. The first-order chi connectivity index (χ1) is 11.3. The number of rotatable bonds is 7. The molecule has 0 aliphatic carbocycles. The molecule has 0 radical (unpaired) electrons. The Balaban J connectivity index is 2.21. The Bertz CT molecular complexity index is 863. The summed E-state index contributed by atoms with van der Waals surface area (Å²) < 4.78 is 31.7. The van der Waals surface area contributed by atoms with Crippen molar-refractivity contribution in [2.45, 2.75) is 4.90 Å². The molecule has 10 heteroatoms. The van der Waals surface area contributed by atoms with E-state index < -0.39 is 38.1 Å². The summed E-state index contributed by atoms with van der Waals surface area (Å²) in [6.45, 7) is -0.638. The van der Waals surface area contributed by atoms with Gasteiger partial charge in [-0.25, -0.2) is 8.42 Å². The second kappa shape index (κ2) is 6.96. The summed E-state index contributed by atoms with van der Waals surface area (Å²) in [5.74, 6) is -1.19. The SMILES string of the molecule is O=C([O-])COc1ccc(NS(=O)(=O)c2ccccc2[N+](=O)[O-])cc1. The van der Waals surface area contributed by atoms with E-state index in [2.05, 4.69) is 4.72 Å². The molecule has 0 amide bonds. The Morgan fingerprint density at radius 3 is 2.33 bits per heavy atom. The third-order valence-corrected chi connectivity index (χ3v) is 4.24. The predicted molar refractivity (Wildman–Crippen MR) is 80.8 cm³/mol. The normalized spacial score (nSPS) is 10.8. The molecule has 0 saturated heterocycles. The average Bonchev–Trinajstić information content (AvgIpc) is 2.54. The molecular formula is C14H11N2O7S-. The predicted octanol–water partition coefficient (Wildman–Crippen LogP) is 0.524. The van der Waals surface area contributed by atoms with Crippen LogP contribution in [0.2, 0.25) is 0 Å². The number of nitro benzene ring substituents is 1. The molecule has 1 N–H and O–H groups in total. The van der Waals surface area contributed by atoms with Gasteiger partial charge in [-0.05, 0) is 30.3 Å². The molecule has 0 bridgehead atoms. The van der Waals surface area contributed by atoms with E-state index in [4.69, 9.17) is 4.74 Å². The van der Waals surface area contributed by atoms with Gasteiger partial charge in [-0.1, -0.05) is 12.1 Å². The quantitative estimate of drug-likeness (QED) is 0.567. The van der Waals surface area contributed by atoms with Crippen molar-refractivity contribution < 1.29 is 28.0 Å². The molecule has 0 atom stereocenters. The molecule has 0 aromatic heterocycles. The Hall–Kier alpha value is -3.14. The smallest absolute Gasteiger partial charge is 0.289 e. The number of nitrogens with zero attached hydrogens (tertiary/aromatic N) is 1. The number of hydrogen-bond acceptors (Lipinski definition) is 7. The highest BCUT2D eigenvalue weighted by molar-refractivity contribution is 7.92. The molecule has 0 fully saturated rings.